The van der Waals surface area contributed by atoms with Crippen molar-refractivity contribution in [2.24, 2.45) is 7.05 Å². The topological polar surface area (TPSA) is 62.6 Å². The molecule has 1 aromatic carbocycles. The zero-order valence-corrected chi connectivity index (χ0v) is 11.8. The number of hydrogen-bond donors (Lipinski definition) is 0. The van der Waals surface area contributed by atoms with E-state index in [1.54, 1.807) is 30.1 Å². The largest absolute Gasteiger partial charge is 0.496 e. The molecule has 0 aliphatic carbocycles. The molecule has 2 aromatic rings. The first-order valence-corrected chi connectivity index (χ1v) is 5.94. The maximum Gasteiger partial charge on any atom is 0.200 e. The van der Waals surface area contributed by atoms with Crippen molar-refractivity contribution < 1.29 is 19.0 Å². The minimum absolute atomic E-state index is 0.184. The molecule has 0 N–H and O–H groups in total. The number of methoxy groups -OCH3 is 3. The molecule has 0 aliphatic rings. The molecule has 2 rings (SSSR count). The Labute approximate surface area is 116 Å². The van der Waals surface area contributed by atoms with E-state index in [0.717, 1.165) is 0 Å². The Hall–Kier alpha value is -2.50. The van der Waals surface area contributed by atoms with Gasteiger partial charge in [0.25, 0.3) is 0 Å². The van der Waals surface area contributed by atoms with Gasteiger partial charge < -0.3 is 14.2 Å². The highest BCUT2D eigenvalue weighted by Gasteiger charge is 2.19. The van der Waals surface area contributed by atoms with E-state index in [4.69, 9.17) is 14.2 Å². The summed E-state index contributed by atoms with van der Waals surface area (Å²) in [4.78, 5) is 12.5. The molecule has 0 unspecified atom stereocenters. The Morgan fingerprint density at radius 3 is 2.15 bits per heavy atom. The van der Waals surface area contributed by atoms with Crippen LogP contribution in [0.3, 0.4) is 0 Å². The van der Waals surface area contributed by atoms with Crippen molar-refractivity contribution in [2.75, 3.05) is 21.3 Å². The molecule has 0 bridgehead atoms. The molecule has 20 heavy (non-hydrogen) atoms. The number of hydrogen-bond acceptors (Lipinski definition) is 5. The van der Waals surface area contributed by atoms with Crippen molar-refractivity contribution in [3.8, 4) is 17.2 Å². The van der Waals surface area contributed by atoms with Crippen LogP contribution in [0.1, 0.15) is 15.9 Å². The summed E-state index contributed by atoms with van der Waals surface area (Å²) in [5.74, 6) is 1.22. The Balaban J connectivity index is 2.52. The van der Waals surface area contributed by atoms with Gasteiger partial charge in [-0.15, -0.1) is 0 Å². The van der Waals surface area contributed by atoms with Crippen LogP contribution >= 0.6 is 0 Å². The lowest BCUT2D eigenvalue weighted by Gasteiger charge is -2.12. The number of carbonyl (C=O) groups is 1. The Morgan fingerprint density at radius 2 is 1.65 bits per heavy atom. The van der Waals surface area contributed by atoms with E-state index in [-0.39, 0.29) is 5.78 Å². The van der Waals surface area contributed by atoms with Crippen LogP contribution in [-0.4, -0.2) is 36.9 Å². The first-order chi connectivity index (χ1) is 9.60. The maximum absolute atomic E-state index is 12.5. The van der Waals surface area contributed by atoms with E-state index in [1.165, 1.54) is 27.5 Å². The van der Waals surface area contributed by atoms with Gasteiger partial charge in [-0.25, -0.2) is 0 Å². The lowest BCUT2D eigenvalue weighted by molar-refractivity contribution is 0.103. The molecule has 0 radical (unpaired) electrons. The summed E-state index contributed by atoms with van der Waals surface area (Å²) in [5, 5.41) is 3.99. The molecule has 1 aromatic heterocycles. The number of ketones is 1. The van der Waals surface area contributed by atoms with E-state index in [0.29, 0.717) is 28.4 Å². The predicted molar refractivity (Wildman–Crippen MR) is 72.7 cm³/mol. The minimum Gasteiger partial charge on any atom is -0.496 e. The van der Waals surface area contributed by atoms with E-state index in [9.17, 15) is 4.79 Å². The molecule has 6 heteroatoms. The van der Waals surface area contributed by atoms with Crippen LogP contribution in [0.15, 0.2) is 24.5 Å². The molecular formula is C14H16N2O4. The van der Waals surface area contributed by atoms with E-state index in [1.807, 2.05) is 0 Å². The van der Waals surface area contributed by atoms with E-state index >= 15 is 0 Å². The highest BCUT2D eigenvalue weighted by molar-refractivity contribution is 6.10. The lowest BCUT2D eigenvalue weighted by atomic mass is 10.0. The highest BCUT2D eigenvalue weighted by atomic mass is 16.5. The molecule has 0 amide bonds. The monoisotopic (exact) mass is 276 g/mol. The molecule has 0 saturated heterocycles. The predicted octanol–water partition coefficient (Wildman–Crippen LogP) is 1.68. The average molecular weight is 276 g/mol. The Bertz CT molecular complexity index is 634. The number of benzene rings is 1. The van der Waals surface area contributed by atoms with Gasteiger partial charge in [0, 0.05) is 19.3 Å². The van der Waals surface area contributed by atoms with Crippen LogP contribution in [-0.2, 0) is 7.05 Å². The highest BCUT2D eigenvalue weighted by Crippen LogP contribution is 2.35. The summed E-state index contributed by atoms with van der Waals surface area (Å²) < 4.78 is 17.2. The van der Waals surface area contributed by atoms with Gasteiger partial charge in [-0.3, -0.25) is 9.48 Å². The van der Waals surface area contributed by atoms with Crippen LogP contribution in [0.4, 0.5) is 0 Å². The fraction of sp³-hybridized carbons (Fsp3) is 0.286. The van der Waals surface area contributed by atoms with Gasteiger partial charge >= 0.3 is 0 Å². The quantitative estimate of drug-likeness (QED) is 0.777. The third-order valence-electron chi connectivity index (χ3n) is 2.92. The molecule has 0 spiro atoms. The smallest absolute Gasteiger partial charge is 0.200 e. The fourth-order valence-electron chi connectivity index (χ4n) is 1.90. The molecule has 0 atom stereocenters. The zero-order valence-electron chi connectivity index (χ0n) is 11.8. The number of ether oxygens (including phenoxy) is 3. The van der Waals surface area contributed by atoms with Crippen molar-refractivity contribution in [2.45, 2.75) is 0 Å². The summed E-state index contributed by atoms with van der Waals surface area (Å²) >= 11 is 0. The van der Waals surface area contributed by atoms with Crippen molar-refractivity contribution >= 4 is 5.78 Å². The summed E-state index contributed by atoms with van der Waals surface area (Å²) in [6.45, 7) is 0. The molecule has 0 saturated carbocycles. The van der Waals surface area contributed by atoms with Gasteiger partial charge in [-0.05, 0) is 6.07 Å². The second-order valence-corrected chi connectivity index (χ2v) is 4.14. The van der Waals surface area contributed by atoms with Gasteiger partial charge in [0.15, 0.2) is 17.3 Å². The standard InChI is InChI=1S/C14H16N2O4/c1-16-8-9(7-15-16)14(17)10-5-12(19-3)13(20-4)6-11(10)18-2/h5-8H,1-4H3. The Kier molecular flexibility index (Phi) is 3.93. The van der Waals surface area contributed by atoms with Gasteiger partial charge in [0.1, 0.15) is 5.75 Å². The molecule has 0 aliphatic heterocycles. The first-order valence-electron chi connectivity index (χ1n) is 5.94. The van der Waals surface area contributed by atoms with Crippen LogP contribution in [0.2, 0.25) is 0 Å². The number of nitrogens with zero attached hydrogens (tertiary/aromatic N) is 2. The molecular weight excluding hydrogens is 260 g/mol. The van der Waals surface area contributed by atoms with Crippen LogP contribution in [0.5, 0.6) is 17.2 Å². The van der Waals surface area contributed by atoms with Crippen LogP contribution in [0, 0.1) is 0 Å². The second-order valence-electron chi connectivity index (χ2n) is 4.14. The normalized spacial score (nSPS) is 10.2. The van der Waals surface area contributed by atoms with Crippen LogP contribution < -0.4 is 14.2 Å². The van der Waals surface area contributed by atoms with Gasteiger partial charge in [0.05, 0.1) is 38.7 Å². The average Bonchev–Trinajstić information content (AvgIpc) is 2.91. The number of aromatic nitrogens is 2. The fourth-order valence-corrected chi connectivity index (χ4v) is 1.90. The van der Waals surface area contributed by atoms with Gasteiger partial charge in [0.2, 0.25) is 0 Å². The minimum atomic E-state index is -0.184. The molecule has 1 heterocycles. The van der Waals surface area contributed by atoms with Crippen molar-refractivity contribution in [1.82, 2.24) is 9.78 Å². The van der Waals surface area contributed by atoms with Crippen molar-refractivity contribution in [3.05, 3.63) is 35.7 Å². The van der Waals surface area contributed by atoms with E-state index < -0.39 is 0 Å². The van der Waals surface area contributed by atoms with Gasteiger partial charge in [-0.2, -0.15) is 5.10 Å². The first kappa shape index (κ1) is 13.9. The van der Waals surface area contributed by atoms with Crippen molar-refractivity contribution in [3.63, 3.8) is 0 Å². The zero-order chi connectivity index (χ0) is 14.7. The molecule has 6 nitrogen and oxygen atoms in total. The Morgan fingerprint density at radius 1 is 1.05 bits per heavy atom. The number of carbonyl (C=O) groups excluding carboxylic acids is 1. The SMILES string of the molecule is COc1cc(OC)c(C(=O)c2cnn(C)c2)cc1OC. The second kappa shape index (κ2) is 5.64. The lowest BCUT2D eigenvalue weighted by Crippen LogP contribution is -2.05. The van der Waals surface area contributed by atoms with Crippen molar-refractivity contribution in [1.29, 1.82) is 0 Å². The van der Waals surface area contributed by atoms with E-state index in [2.05, 4.69) is 5.10 Å². The molecule has 0 fully saturated rings. The van der Waals surface area contributed by atoms with Crippen LogP contribution in [0.25, 0.3) is 0 Å². The number of aryl methyl sites for hydroxylation is 1. The summed E-state index contributed by atoms with van der Waals surface area (Å²) in [5.41, 5.74) is 0.885. The maximum atomic E-state index is 12.5. The summed E-state index contributed by atoms with van der Waals surface area (Å²) in [6.07, 6.45) is 3.16. The summed E-state index contributed by atoms with van der Waals surface area (Å²) in [7, 11) is 6.30. The third kappa shape index (κ3) is 2.45. The third-order valence-corrected chi connectivity index (χ3v) is 2.92. The summed E-state index contributed by atoms with van der Waals surface area (Å²) in [6, 6.07) is 3.23. The molecule has 106 valence electrons. The van der Waals surface area contributed by atoms with Gasteiger partial charge in [-0.1, -0.05) is 0 Å². The number of rotatable bonds is 5.